The van der Waals surface area contributed by atoms with Gasteiger partial charge in [0.1, 0.15) is 0 Å². The zero-order valence-electron chi connectivity index (χ0n) is 12.2. The van der Waals surface area contributed by atoms with E-state index < -0.39 is 0 Å². The van der Waals surface area contributed by atoms with E-state index in [1.54, 1.807) is 0 Å². The van der Waals surface area contributed by atoms with Gasteiger partial charge >= 0.3 is 0 Å². The highest BCUT2D eigenvalue weighted by molar-refractivity contribution is 8.01. The van der Waals surface area contributed by atoms with E-state index in [9.17, 15) is 0 Å². The van der Waals surface area contributed by atoms with Crippen LogP contribution in [0, 0.1) is 0 Å². The first-order valence-corrected chi connectivity index (χ1v) is 9.71. The summed E-state index contributed by atoms with van der Waals surface area (Å²) in [6.45, 7) is 8.04. The maximum Gasteiger partial charge on any atom is 0.0649 e. The first-order valence-electron chi connectivity index (χ1n) is 7.08. The van der Waals surface area contributed by atoms with Crippen LogP contribution in [0.2, 0.25) is 0 Å². The third-order valence-electron chi connectivity index (χ3n) is 3.89. The quantitative estimate of drug-likeness (QED) is 0.819. The Morgan fingerprint density at radius 2 is 2.10 bits per heavy atom. The molecule has 1 aliphatic rings. The van der Waals surface area contributed by atoms with E-state index in [0.717, 1.165) is 6.54 Å². The van der Waals surface area contributed by atoms with Crippen LogP contribution in [0.5, 0.6) is 0 Å². The van der Waals surface area contributed by atoms with Crippen LogP contribution in [-0.2, 0) is 5.41 Å². The molecule has 1 nitrogen and oxygen atoms in total. The van der Waals surface area contributed by atoms with Gasteiger partial charge in [-0.15, -0.1) is 34.4 Å². The number of fused-ring (bicyclic) bond motifs is 1. The molecule has 0 fully saturated rings. The molecule has 1 N–H and O–H groups in total. The minimum Gasteiger partial charge on any atom is -0.309 e. The molecule has 1 aliphatic heterocycles. The van der Waals surface area contributed by atoms with Crippen LogP contribution in [0.25, 0.3) is 0 Å². The van der Waals surface area contributed by atoms with Gasteiger partial charge in [0, 0.05) is 28.1 Å². The zero-order chi connectivity index (χ0) is 14.2. The summed E-state index contributed by atoms with van der Waals surface area (Å²) in [7, 11) is 0. The number of hydrogen-bond donors (Lipinski definition) is 1. The molecule has 0 saturated carbocycles. The van der Waals surface area contributed by atoms with Crippen molar-refractivity contribution in [2.75, 3.05) is 6.54 Å². The number of rotatable bonds is 4. The molecule has 108 valence electrons. The standard InChI is InChI=1S/C16H21NS3/c1-11-9-13(12-6-8-19-15(12)20-11)17-10-16(2,3)14-5-4-7-18-14/h4-8,11,13,17H,9-10H2,1-3H3/t11-,13?/m0/s1. The van der Waals surface area contributed by atoms with Crippen LogP contribution in [0.3, 0.4) is 0 Å². The largest absolute Gasteiger partial charge is 0.309 e. The first kappa shape index (κ1) is 14.6. The second-order valence-electron chi connectivity index (χ2n) is 6.12. The molecule has 2 atom stereocenters. The van der Waals surface area contributed by atoms with Gasteiger partial charge in [0.05, 0.1) is 4.21 Å². The summed E-state index contributed by atoms with van der Waals surface area (Å²) in [6.07, 6.45) is 1.23. The topological polar surface area (TPSA) is 12.0 Å². The van der Waals surface area contributed by atoms with Gasteiger partial charge in [-0.3, -0.25) is 0 Å². The van der Waals surface area contributed by atoms with Gasteiger partial charge in [-0.05, 0) is 34.9 Å². The monoisotopic (exact) mass is 323 g/mol. The average molecular weight is 324 g/mol. The van der Waals surface area contributed by atoms with E-state index in [2.05, 4.69) is 55.0 Å². The van der Waals surface area contributed by atoms with Gasteiger partial charge in [0.2, 0.25) is 0 Å². The van der Waals surface area contributed by atoms with Crippen molar-refractivity contribution in [1.82, 2.24) is 5.32 Å². The Balaban J connectivity index is 1.70. The van der Waals surface area contributed by atoms with Crippen molar-refractivity contribution in [2.45, 2.75) is 48.1 Å². The number of thioether (sulfide) groups is 1. The molecule has 0 bridgehead atoms. The van der Waals surface area contributed by atoms with E-state index in [1.807, 2.05) is 34.4 Å². The molecular weight excluding hydrogens is 302 g/mol. The fourth-order valence-electron chi connectivity index (χ4n) is 2.67. The number of thiophene rings is 2. The van der Waals surface area contributed by atoms with Crippen molar-refractivity contribution in [3.05, 3.63) is 39.4 Å². The molecule has 0 aromatic carbocycles. The van der Waals surface area contributed by atoms with E-state index >= 15 is 0 Å². The predicted octanol–water partition coefficient (Wildman–Crippen LogP) is 5.30. The minimum atomic E-state index is 0.207. The summed E-state index contributed by atoms with van der Waals surface area (Å²) in [5.41, 5.74) is 1.72. The lowest BCUT2D eigenvalue weighted by atomic mass is 9.90. The Morgan fingerprint density at radius 1 is 1.25 bits per heavy atom. The van der Waals surface area contributed by atoms with Gasteiger partial charge < -0.3 is 5.32 Å². The highest BCUT2D eigenvalue weighted by atomic mass is 32.2. The summed E-state index contributed by atoms with van der Waals surface area (Å²) in [5, 5.41) is 8.94. The molecule has 0 amide bonds. The lowest BCUT2D eigenvalue weighted by Gasteiger charge is -2.31. The lowest BCUT2D eigenvalue weighted by Crippen LogP contribution is -2.36. The zero-order valence-corrected chi connectivity index (χ0v) is 14.6. The highest BCUT2D eigenvalue weighted by Gasteiger charge is 2.29. The van der Waals surface area contributed by atoms with E-state index in [1.165, 1.54) is 21.1 Å². The van der Waals surface area contributed by atoms with Crippen molar-refractivity contribution < 1.29 is 0 Å². The Morgan fingerprint density at radius 3 is 2.85 bits per heavy atom. The van der Waals surface area contributed by atoms with Crippen molar-refractivity contribution in [2.24, 2.45) is 0 Å². The smallest absolute Gasteiger partial charge is 0.0649 e. The molecule has 0 radical (unpaired) electrons. The number of nitrogens with one attached hydrogen (secondary N) is 1. The molecule has 0 spiro atoms. The molecule has 2 aromatic rings. The van der Waals surface area contributed by atoms with Crippen molar-refractivity contribution in [3.63, 3.8) is 0 Å². The van der Waals surface area contributed by atoms with Gasteiger partial charge in [0.15, 0.2) is 0 Å². The molecule has 0 aliphatic carbocycles. The maximum absolute atomic E-state index is 3.82. The van der Waals surface area contributed by atoms with Crippen LogP contribution in [-0.4, -0.2) is 11.8 Å². The van der Waals surface area contributed by atoms with Crippen molar-refractivity contribution >= 4 is 34.4 Å². The van der Waals surface area contributed by atoms with Crippen LogP contribution in [0.15, 0.2) is 33.2 Å². The van der Waals surface area contributed by atoms with Gasteiger partial charge in [-0.1, -0.05) is 26.8 Å². The SMILES string of the molecule is C[C@H]1CC(NCC(C)(C)c2cccs2)c2ccsc2S1. The van der Waals surface area contributed by atoms with Crippen LogP contribution < -0.4 is 5.32 Å². The van der Waals surface area contributed by atoms with Gasteiger partial charge in [-0.2, -0.15) is 0 Å². The average Bonchev–Trinajstić information content (AvgIpc) is 3.06. The molecule has 3 rings (SSSR count). The molecule has 2 aromatic heterocycles. The predicted molar refractivity (Wildman–Crippen MR) is 92.3 cm³/mol. The fraction of sp³-hybridized carbons (Fsp3) is 0.500. The Hall–Kier alpha value is -0.290. The van der Waals surface area contributed by atoms with Crippen molar-refractivity contribution in [1.29, 1.82) is 0 Å². The van der Waals surface area contributed by atoms with E-state index in [4.69, 9.17) is 0 Å². The summed E-state index contributed by atoms with van der Waals surface area (Å²) in [5.74, 6) is 0. The van der Waals surface area contributed by atoms with Crippen LogP contribution in [0.1, 0.15) is 43.7 Å². The van der Waals surface area contributed by atoms with Gasteiger partial charge in [-0.25, -0.2) is 0 Å². The molecule has 0 saturated heterocycles. The summed E-state index contributed by atoms with van der Waals surface area (Å²) in [4.78, 5) is 1.47. The van der Waals surface area contributed by atoms with Crippen LogP contribution >= 0.6 is 34.4 Å². The number of hydrogen-bond acceptors (Lipinski definition) is 4. The molecule has 20 heavy (non-hydrogen) atoms. The first-order chi connectivity index (χ1) is 9.56. The fourth-order valence-corrected chi connectivity index (χ4v) is 6.09. The Bertz CT molecular complexity index is 556. The van der Waals surface area contributed by atoms with Gasteiger partial charge in [0.25, 0.3) is 0 Å². The summed E-state index contributed by atoms with van der Waals surface area (Å²) in [6, 6.07) is 7.22. The molecule has 3 heterocycles. The third kappa shape index (κ3) is 2.98. The molecule has 1 unspecified atom stereocenters. The summed E-state index contributed by atoms with van der Waals surface area (Å²) < 4.78 is 1.51. The maximum atomic E-state index is 3.82. The van der Waals surface area contributed by atoms with E-state index in [0.29, 0.717) is 11.3 Å². The van der Waals surface area contributed by atoms with Crippen LogP contribution in [0.4, 0.5) is 0 Å². The summed E-state index contributed by atoms with van der Waals surface area (Å²) >= 11 is 5.79. The second kappa shape index (κ2) is 5.84. The highest BCUT2D eigenvalue weighted by Crippen LogP contribution is 2.44. The molecular formula is C16H21NS3. The molecule has 4 heteroatoms. The van der Waals surface area contributed by atoms with E-state index in [-0.39, 0.29) is 5.41 Å². The second-order valence-corrected chi connectivity index (χ2v) is 9.69. The van der Waals surface area contributed by atoms with Crippen molar-refractivity contribution in [3.8, 4) is 0 Å². The minimum absolute atomic E-state index is 0.207. The third-order valence-corrected chi connectivity index (χ3v) is 7.47. The normalized spacial score (nSPS) is 22.8. The Labute approximate surface area is 133 Å². The lowest BCUT2D eigenvalue weighted by molar-refractivity contribution is 0.409. The Kier molecular flexibility index (Phi) is 4.27.